The molecule has 6 heteroatoms. The number of hydrogen-bond acceptors (Lipinski definition) is 4. The van der Waals surface area contributed by atoms with Crippen LogP contribution in [0.1, 0.15) is 37.1 Å². The summed E-state index contributed by atoms with van der Waals surface area (Å²) >= 11 is 6.06. The first-order valence-corrected chi connectivity index (χ1v) is 11.2. The molecule has 1 aliphatic rings. The minimum absolute atomic E-state index is 0.237. The molecule has 0 atom stereocenters. The summed E-state index contributed by atoms with van der Waals surface area (Å²) in [4.78, 5) is 9.35. The van der Waals surface area contributed by atoms with Gasteiger partial charge in [0.25, 0.3) is 0 Å². The van der Waals surface area contributed by atoms with Gasteiger partial charge in [-0.3, -0.25) is 4.57 Å². The van der Waals surface area contributed by atoms with Gasteiger partial charge in [-0.1, -0.05) is 35.9 Å². The van der Waals surface area contributed by atoms with Gasteiger partial charge >= 0.3 is 0 Å². The van der Waals surface area contributed by atoms with Crippen molar-refractivity contribution >= 4 is 34.8 Å². The van der Waals surface area contributed by atoms with Crippen molar-refractivity contribution in [1.82, 2.24) is 14.5 Å². The van der Waals surface area contributed by atoms with E-state index in [4.69, 9.17) is 26.1 Å². The zero-order chi connectivity index (χ0) is 21.9. The number of aromatic nitrogens is 3. The molecule has 162 valence electrons. The molecule has 1 aliphatic carbocycles. The monoisotopic (exact) mass is 445 g/mol. The number of ether oxygens (including phenoxy) is 2. The maximum atomic E-state index is 6.37. The van der Waals surface area contributed by atoms with Crippen molar-refractivity contribution in [2.45, 2.75) is 31.8 Å². The summed E-state index contributed by atoms with van der Waals surface area (Å²) in [7, 11) is 1.68. The number of fused-ring (bicyclic) bond motifs is 1. The van der Waals surface area contributed by atoms with Gasteiger partial charge in [-0.05, 0) is 68.2 Å². The van der Waals surface area contributed by atoms with Gasteiger partial charge in [-0.15, -0.1) is 0 Å². The molecule has 5 nitrogen and oxygen atoms in total. The summed E-state index contributed by atoms with van der Waals surface area (Å²) in [5.74, 6) is 3.06. The van der Waals surface area contributed by atoms with E-state index < -0.39 is 0 Å². The van der Waals surface area contributed by atoms with Crippen LogP contribution in [0.25, 0.3) is 29.0 Å². The predicted molar refractivity (Wildman–Crippen MR) is 129 cm³/mol. The molecular weight excluding hydrogens is 422 g/mol. The third-order valence-electron chi connectivity index (χ3n) is 5.76. The summed E-state index contributed by atoms with van der Waals surface area (Å²) in [5.41, 5.74) is 2.84. The van der Waals surface area contributed by atoms with Gasteiger partial charge in [0.15, 0.2) is 11.5 Å². The Morgan fingerprint density at radius 3 is 2.62 bits per heavy atom. The number of methoxy groups -OCH3 is 1. The van der Waals surface area contributed by atoms with Crippen LogP contribution in [0, 0.1) is 0 Å². The fourth-order valence-corrected chi connectivity index (χ4v) is 4.30. The summed E-state index contributed by atoms with van der Waals surface area (Å²) in [6.07, 6.45) is 10.5. The van der Waals surface area contributed by atoms with Gasteiger partial charge < -0.3 is 9.47 Å². The van der Waals surface area contributed by atoms with Crippen molar-refractivity contribution in [2.24, 2.45) is 0 Å². The van der Waals surface area contributed by atoms with E-state index >= 15 is 0 Å². The van der Waals surface area contributed by atoms with Crippen LogP contribution in [0.4, 0.5) is 0 Å². The molecule has 2 aromatic heterocycles. The molecule has 0 saturated heterocycles. The number of nitrogens with zero attached hydrogens (tertiary/aromatic N) is 3. The minimum Gasteiger partial charge on any atom is -0.493 e. The number of pyridine rings is 1. The first-order chi connectivity index (χ1) is 15.7. The molecule has 1 saturated carbocycles. The van der Waals surface area contributed by atoms with Crippen LogP contribution in [0.5, 0.6) is 11.5 Å². The van der Waals surface area contributed by atoms with E-state index in [-0.39, 0.29) is 6.10 Å². The highest BCUT2D eigenvalue weighted by molar-refractivity contribution is 6.30. The molecule has 0 bridgehead atoms. The molecule has 0 spiro atoms. The Balaban J connectivity index is 1.57. The fraction of sp³-hybridized carbons (Fsp3) is 0.231. The lowest BCUT2D eigenvalue weighted by molar-refractivity contribution is 0.200. The smallest absolute Gasteiger partial charge is 0.168 e. The molecule has 0 radical (unpaired) electrons. The first kappa shape index (κ1) is 20.6. The standard InChI is InChI=1S/C26H24ClN3O2/c1-31-23-12-6-7-18(26(23)32-20-8-2-3-9-20)13-15-25-29-21-10-4-5-11-22(21)30(25)24-16-14-19(27)17-28-24/h4-7,10-17,20H,2-3,8-9H2,1H3/b15-13+. The quantitative estimate of drug-likeness (QED) is 0.336. The van der Waals surface area contributed by atoms with Crippen molar-refractivity contribution in [3.63, 3.8) is 0 Å². The van der Waals surface area contributed by atoms with E-state index in [0.717, 1.165) is 52.6 Å². The minimum atomic E-state index is 0.237. The molecular formula is C26H24ClN3O2. The van der Waals surface area contributed by atoms with E-state index in [1.165, 1.54) is 12.8 Å². The third kappa shape index (κ3) is 4.08. The Labute approximate surface area is 192 Å². The highest BCUT2D eigenvalue weighted by Crippen LogP contribution is 2.36. The van der Waals surface area contributed by atoms with Crippen LogP contribution in [-0.4, -0.2) is 27.7 Å². The highest BCUT2D eigenvalue weighted by Gasteiger charge is 2.20. The second kappa shape index (κ2) is 9.05. The van der Waals surface area contributed by atoms with Gasteiger partial charge in [-0.2, -0.15) is 0 Å². The lowest BCUT2D eigenvalue weighted by Crippen LogP contribution is -2.12. The summed E-state index contributed by atoms with van der Waals surface area (Å²) in [5, 5.41) is 0.598. The number of imidazole rings is 1. The number of benzene rings is 2. The Bertz CT molecular complexity index is 1260. The van der Waals surface area contributed by atoms with E-state index in [1.807, 2.05) is 71.3 Å². The normalized spacial score (nSPS) is 14.4. The van der Waals surface area contributed by atoms with Crippen LogP contribution in [0.15, 0.2) is 60.8 Å². The molecule has 2 heterocycles. The molecule has 32 heavy (non-hydrogen) atoms. The first-order valence-electron chi connectivity index (χ1n) is 10.8. The van der Waals surface area contributed by atoms with Crippen molar-refractivity contribution < 1.29 is 9.47 Å². The average molecular weight is 446 g/mol. The topological polar surface area (TPSA) is 49.2 Å². The van der Waals surface area contributed by atoms with Crippen LogP contribution in [0.3, 0.4) is 0 Å². The van der Waals surface area contributed by atoms with Crippen molar-refractivity contribution in [1.29, 1.82) is 0 Å². The van der Waals surface area contributed by atoms with E-state index in [0.29, 0.717) is 5.02 Å². The molecule has 5 rings (SSSR count). The van der Waals surface area contributed by atoms with Gasteiger partial charge in [0, 0.05) is 11.8 Å². The van der Waals surface area contributed by atoms with Crippen molar-refractivity contribution in [3.8, 4) is 17.3 Å². The van der Waals surface area contributed by atoms with Crippen molar-refractivity contribution in [2.75, 3.05) is 7.11 Å². The highest BCUT2D eigenvalue weighted by atomic mass is 35.5. The molecule has 0 aliphatic heterocycles. The molecule has 0 unspecified atom stereocenters. The lowest BCUT2D eigenvalue weighted by atomic mass is 10.1. The molecule has 1 fully saturated rings. The molecule has 2 aromatic carbocycles. The Kier molecular flexibility index (Phi) is 5.82. The number of hydrogen-bond donors (Lipinski definition) is 0. The van der Waals surface area contributed by atoms with E-state index in [1.54, 1.807) is 13.3 Å². The number of rotatable bonds is 6. The fourth-order valence-electron chi connectivity index (χ4n) is 4.19. The largest absolute Gasteiger partial charge is 0.493 e. The summed E-state index contributed by atoms with van der Waals surface area (Å²) < 4.78 is 14.0. The molecule has 0 amide bonds. The van der Waals surface area contributed by atoms with E-state index in [2.05, 4.69) is 4.98 Å². The molecule has 4 aromatic rings. The Morgan fingerprint density at radius 1 is 1.00 bits per heavy atom. The number of halogens is 1. The van der Waals surface area contributed by atoms with Crippen molar-refractivity contribution in [3.05, 3.63) is 77.2 Å². The van der Waals surface area contributed by atoms with Gasteiger partial charge in [0.1, 0.15) is 11.6 Å². The predicted octanol–water partition coefficient (Wildman–Crippen LogP) is 6.57. The zero-order valence-electron chi connectivity index (χ0n) is 17.9. The SMILES string of the molecule is COc1cccc(/C=C/c2nc3ccccc3n2-c2ccc(Cl)cn2)c1OC1CCCC1. The second-order valence-electron chi connectivity index (χ2n) is 7.87. The van der Waals surface area contributed by atoms with Gasteiger partial charge in [0.05, 0.1) is 29.3 Å². The van der Waals surface area contributed by atoms with Gasteiger partial charge in [-0.25, -0.2) is 9.97 Å². The summed E-state index contributed by atoms with van der Waals surface area (Å²) in [6.45, 7) is 0. The Hall–Kier alpha value is -3.31. The second-order valence-corrected chi connectivity index (χ2v) is 8.30. The van der Waals surface area contributed by atoms with Crippen LogP contribution < -0.4 is 9.47 Å². The third-order valence-corrected chi connectivity index (χ3v) is 5.98. The zero-order valence-corrected chi connectivity index (χ0v) is 18.6. The number of para-hydroxylation sites is 3. The lowest BCUT2D eigenvalue weighted by Gasteiger charge is -2.18. The molecule has 0 N–H and O–H groups in total. The van der Waals surface area contributed by atoms with Crippen LogP contribution in [0.2, 0.25) is 5.02 Å². The van der Waals surface area contributed by atoms with Gasteiger partial charge in [0.2, 0.25) is 0 Å². The maximum absolute atomic E-state index is 6.37. The maximum Gasteiger partial charge on any atom is 0.168 e. The Morgan fingerprint density at radius 2 is 1.84 bits per heavy atom. The van der Waals surface area contributed by atoms with Crippen LogP contribution in [-0.2, 0) is 0 Å². The van der Waals surface area contributed by atoms with Crippen LogP contribution >= 0.6 is 11.6 Å². The van der Waals surface area contributed by atoms with E-state index in [9.17, 15) is 0 Å². The average Bonchev–Trinajstić information content (AvgIpc) is 3.46. The summed E-state index contributed by atoms with van der Waals surface area (Å²) in [6, 6.07) is 17.7.